The summed E-state index contributed by atoms with van der Waals surface area (Å²) in [6, 6.07) is 5.23. The summed E-state index contributed by atoms with van der Waals surface area (Å²) >= 11 is 0. The summed E-state index contributed by atoms with van der Waals surface area (Å²) in [6.07, 6.45) is 1.74. The predicted octanol–water partition coefficient (Wildman–Crippen LogP) is 0.254. The van der Waals surface area contributed by atoms with Gasteiger partial charge >= 0.3 is 0 Å². The molecule has 0 aliphatic rings. The first-order valence-corrected chi connectivity index (χ1v) is 5.65. The highest BCUT2D eigenvalue weighted by Gasteiger charge is 2.18. The Bertz CT molecular complexity index is 494. The first-order chi connectivity index (χ1) is 8.80. The van der Waals surface area contributed by atoms with E-state index in [9.17, 15) is 0 Å². The van der Waals surface area contributed by atoms with Crippen LogP contribution in [0.4, 0.5) is 0 Å². The van der Waals surface area contributed by atoms with E-state index in [0.29, 0.717) is 11.6 Å². The molecule has 2 heterocycles. The molecule has 1 unspecified atom stereocenters. The molecule has 1 atom stereocenters. The molecule has 0 spiro atoms. The summed E-state index contributed by atoms with van der Waals surface area (Å²) in [7, 11) is 1.55. The van der Waals surface area contributed by atoms with Gasteiger partial charge < -0.3 is 4.74 Å². The van der Waals surface area contributed by atoms with Crippen LogP contribution in [0.2, 0.25) is 0 Å². The number of nitrogens with zero attached hydrogens (tertiary/aromatic N) is 4. The zero-order chi connectivity index (χ0) is 13.0. The normalized spacial score (nSPS) is 12.4. The highest BCUT2D eigenvalue weighted by Crippen LogP contribution is 2.19. The van der Waals surface area contributed by atoms with Crippen LogP contribution in [0.25, 0.3) is 0 Å². The highest BCUT2D eigenvalue weighted by atomic mass is 16.5. The molecule has 0 aliphatic carbocycles. The van der Waals surface area contributed by atoms with E-state index in [2.05, 4.69) is 20.7 Å². The van der Waals surface area contributed by atoms with Gasteiger partial charge in [0.1, 0.15) is 6.04 Å². The Morgan fingerprint density at radius 2 is 2.22 bits per heavy atom. The fraction of sp³-hybridized carbons (Fsp3) is 0.364. The topological polar surface area (TPSA) is 90.9 Å². The monoisotopic (exact) mass is 248 g/mol. The second kappa shape index (κ2) is 5.56. The fourth-order valence-electron chi connectivity index (χ4n) is 1.77. The predicted molar refractivity (Wildman–Crippen MR) is 65.7 cm³/mol. The van der Waals surface area contributed by atoms with Gasteiger partial charge in [-0.15, -0.1) is 10.2 Å². The van der Waals surface area contributed by atoms with Crippen molar-refractivity contribution in [1.82, 2.24) is 25.4 Å². The molecule has 3 N–H and O–H groups in total. The smallest absolute Gasteiger partial charge is 0.233 e. The summed E-state index contributed by atoms with van der Waals surface area (Å²) in [6.45, 7) is 2.79. The van der Waals surface area contributed by atoms with E-state index in [1.807, 2.05) is 23.7 Å². The molecular weight excluding hydrogens is 232 g/mol. The van der Waals surface area contributed by atoms with Crippen LogP contribution in [0, 0.1) is 0 Å². The molecular formula is C11H16N6O. The number of nitrogens with two attached hydrogens (primary N) is 1. The van der Waals surface area contributed by atoms with Crippen LogP contribution < -0.4 is 16.0 Å². The summed E-state index contributed by atoms with van der Waals surface area (Å²) < 4.78 is 6.83. The molecule has 7 nitrogen and oxygen atoms in total. The molecule has 0 fully saturated rings. The number of hydrazine groups is 1. The van der Waals surface area contributed by atoms with Gasteiger partial charge in [0.25, 0.3) is 0 Å². The van der Waals surface area contributed by atoms with E-state index in [1.165, 1.54) is 0 Å². The Morgan fingerprint density at radius 3 is 2.78 bits per heavy atom. The van der Waals surface area contributed by atoms with Crippen molar-refractivity contribution in [3.8, 4) is 5.88 Å². The number of aromatic nitrogens is 4. The van der Waals surface area contributed by atoms with Crippen LogP contribution in [0.1, 0.15) is 24.4 Å². The maximum Gasteiger partial charge on any atom is 0.233 e. The number of hydrogen-bond acceptors (Lipinski definition) is 6. The van der Waals surface area contributed by atoms with Crippen molar-refractivity contribution in [1.29, 1.82) is 0 Å². The third kappa shape index (κ3) is 2.31. The molecule has 0 saturated heterocycles. The third-order valence-corrected chi connectivity index (χ3v) is 2.68. The summed E-state index contributed by atoms with van der Waals surface area (Å²) in [5, 5.41) is 12.2. The second-order valence-corrected chi connectivity index (χ2v) is 3.67. The van der Waals surface area contributed by atoms with Gasteiger partial charge in [0, 0.05) is 18.8 Å². The Balaban J connectivity index is 2.32. The van der Waals surface area contributed by atoms with Gasteiger partial charge in [-0.2, -0.15) is 5.10 Å². The standard InChI is InChI=1S/C11H16N6O/c1-3-17-9(6-7-13-17)11(14-12)8-4-5-10(18-2)16-15-8/h4-7,11,14H,3,12H2,1-2H3. The third-order valence-electron chi connectivity index (χ3n) is 2.68. The van der Waals surface area contributed by atoms with E-state index >= 15 is 0 Å². The first kappa shape index (κ1) is 12.5. The minimum atomic E-state index is -0.245. The number of aryl methyl sites for hydroxylation is 1. The van der Waals surface area contributed by atoms with Gasteiger partial charge in [-0.05, 0) is 19.1 Å². The minimum absolute atomic E-state index is 0.245. The molecule has 0 amide bonds. The molecule has 2 aromatic heterocycles. The number of ether oxygens (including phenoxy) is 1. The number of nitrogens with one attached hydrogen (secondary N) is 1. The van der Waals surface area contributed by atoms with Gasteiger partial charge in [0.2, 0.25) is 5.88 Å². The molecule has 2 aromatic rings. The van der Waals surface area contributed by atoms with Crippen LogP contribution in [-0.2, 0) is 6.54 Å². The maximum atomic E-state index is 5.60. The summed E-state index contributed by atoms with van der Waals surface area (Å²) in [5.74, 6) is 6.07. The van der Waals surface area contributed by atoms with E-state index in [4.69, 9.17) is 10.6 Å². The fourth-order valence-corrected chi connectivity index (χ4v) is 1.77. The second-order valence-electron chi connectivity index (χ2n) is 3.67. The molecule has 0 aromatic carbocycles. The van der Waals surface area contributed by atoms with Crippen LogP contribution in [0.5, 0.6) is 5.88 Å². The van der Waals surface area contributed by atoms with Crippen LogP contribution in [-0.4, -0.2) is 27.1 Å². The van der Waals surface area contributed by atoms with Crippen molar-refractivity contribution in [3.05, 3.63) is 35.8 Å². The van der Waals surface area contributed by atoms with Crippen LogP contribution in [0.3, 0.4) is 0 Å². The molecule has 96 valence electrons. The molecule has 0 bridgehead atoms. The Kier molecular flexibility index (Phi) is 3.85. The lowest BCUT2D eigenvalue weighted by atomic mass is 10.1. The lowest BCUT2D eigenvalue weighted by Crippen LogP contribution is -2.31. The maximum absolute atomic E-state index is 5.60. The molecule has 2 rings (SSSR count). The van der Waals surface area contributed by atoms with Crippen molar-refractivity contribution in [3.63, 3.8) is 0 Å². The van der Waals surface area contributed by atoms with Gasteiger partial charge in [0.05, 0.1) is 18.5 Å². The van der Waals surface area contributed by atoms with Crippen molar-refractivity contribution in [2.24, 2.45) is 5.84 Å². The summed E-state index contributed by atoms with van der Waals surface area (Å²) in [5.41, 5.74) is 4.39. The van der Waals surface area contributed by atoms with Crippen molar-refractivity contribution in [2.45, 2.75) is 19.5 Å². The van der Waals surface area contributed by atoms with E-state index in [0.717, 1.165) is 12.2 Å². The highest BCUT2D eigenvalue weighted by molar-refractivity contribution is 5.22. The average Bonchev–Trinajstić information content (AvgIpc) is 2.89. The SMILES string of the molecule is CCn1nccc1C(NN)c1ccc(OC)nn1. The van der Waals surface area contributed by atoms with E-state index < -0.39 is 0 Å². The lowest BCUT2D eigenvalue weighted by Gasteiger charge is -2.16. The van der Waals surface area contributed by atoms with Crippen molar-refractivity contribution >= 4 is 0 Å². The van der Waals surface area contributed by atoms with Crippen molar-refractivity contribution in [2.75, 3.05) is 7.11 Å². The van der Waals surface area contributed by atoms with Gasteiger partial charge in [-0.25, -0.2) is 5.43 Å². The number of methoxy groups -OCH3 is 1. The zero-order valence-corrected chi connectivity index (χ0v) is 10.4. The van der Waals surface area contributed by atoms with Gasteiger partial charge in [0.15, 0.2) is 0 Å². The minimum Gasteiger partial charge on any atom is -0.480 e. The lowest BCUT2D eigenvalue weighted by molar-refractivity contribution is 0.389. The van der Waals surface area contributed by atoms with E-state index in [1.54, 1.807) is 19.4 Å². The Hall–Kier alpha value is -1.99. The van der Waals surface area contributed by atoms with Gasteiger partial charge in [-0.1, -0.05) is 0 Å². The molecule has 0 saturated carbocycles. The van der Waals surface area contributed by atoms with Gasteiger partial charge in [-0.3, -0.25) is 10.5 Å². The van der Waals surface area contributed by atoms with E-state index in [-0.39, 0.29) is 6.04 Å². The summed E-state index contributed by atoms with van der Waals surface area (Å²) in [4.78, 5) is 0. The van der Waals surface area contributed by atoms with Crippen LogP contribution >= 0.6 is 0 Å². The number of hydrogen-bond donors (Lipinski definition) is 2. The Morgan fingerprint density at radius 1 is 1.39 bits per heavy atom. The Labute approximate surface area is 105 Å². The van der Waals surface area contributed by atoms with Crippen LogP contribution in [0.15, 0.2) is 24.4 Å². The molecule has 0 radical (unpaired) electrons. The quantitative estimate of drug-likeness (QED) is 0.582. The first-order valence-electron chi connectivity index (χ1n) is 5.65. The largest absolute Gasteiger partial charge is 0.480 e. The molecule has 18 heavy (non-hydrogen) atoms. The van der Waals surface area contributed by atoms with Crippen molar-refractivity contribution < 1.29 is 4.74 Å². The number of rotatable bonds is 5. The molecule has 0 aliphatic heterocycles. The average molecular weight is 248 g/mol. The zero-order valence-electron chi connectivity index (χ0n) is 10.4. The molecule has 7 heteroatoms.